The zero-order valence-electron chi connectivity index (χ0n) is 17.9. The summed E-state index contributed by atoms with van der Waals surface area (Å²) in [7, 11) is 0. The molecule has 1 amide bonds. The van der Waals surface area contributed by atoms with E-state index in [4.69, 9.17) is 16.6 Å². The Hall–Kier alpha value is -2.96. The summed E-state index contributed by atoms with van der Waals surface area (Å²) in [6.45, 7) is 3.66. The van der Waals surface area contributed by atoms with Crippen molar-refractivity contribution >= 4 is 34.8 Å². The van der Waals surface area contributed by atoms with E-state index in [-0.39, 0.29) is 12.3 Å². The fraction of sp³-hybridized carbons (Fsp3) is 0.320. The van der Waals surface area contributed by atoms with E-state index in [0.29, 0.717) is 16.7 Å². The summed E-state index contributed by atoms with van der Waals surface area (Å²) >= 11 is 6.13. The van der Waals surface area contributed by atoms with Crippen molar-refractivity contribution in [3.8, 4) is 11.3 Å². The molecule has 0 saturated carbocycles. The number of hydrogen-bond acceptors (Lipinski definition) is 5. The van der Waals surface area contributed by atoms with Gasteiger partial charge in [0, 0.05) is 28.0 Å². The number of aryl methyl sites for hydroxylation is 1. The number of halogens is 1. The number of anilines is 3. The molecule has 1 saturated heterocycles. The lowest BCUT2D eigenvalue weighted by molar-refractivity contribution is -0.115. The van der Waals surface area contributed by atoms with Crippen LogP contribution in [0.5, 0.6) is 0 Å². The minimum Gasteiger partial charge on any atom is -0.325 e. The first-order chi connectivity index (χ1) is 15.6. The zero-order valence-corrected chi connectivity index (χ0v) is 18.7. The van der Waals surface area contributed by atoms with Gasteiger partial charge in [-0.15, -0.1) is 0 Å². The summed E-state index contributed by atoms with van der Waals surface area (Å²) in [5, 5.41) is 6.82. The predicted octanol–water partition coefficient (Wildman–Crippen LogP) is 5.06. The third kappa shape index (κ3) is 4.76. The second kappa shape index (κ2) is 9.27. The summed E-state index contributed by atoms with van der Waals surface area (Å²) < 4.78 is 0. The third-order valence-electron chi connectivity index (χ3n) is 6.05. The molecular formula is C25H26ClN5O. The molecule has 0 unspecified atom stereocenters. The first kappa shape index (κ1) is 20.9. The van der Waals surface area contributed by atoms with Crippen molar-refractivity contribution in [1.29, 1.82) is 0 Å². The van der Waals surface area contributed by atoms with Crippen molar-refractivity contribution in [2.75, 3.05) is 30.3 Å². The van der Waals surface area contributed by atoms with E-state index >= 15 is 0 Å². The van der Waals surface area contributed by atoms with Crippen LogP contribution in [-0.4, -0.2) is 40.4 Å². The average molecular weight is 448 g/mol. The Balaban J connectivity index is 1.34. The van der Waals surface area contributed by atoms with Gasteiger partial charge in [-0.2, -0.15) is 0 Å². The van der Waals surface area contributed by atoms with E-state index in [1.807, 2.05) is 18.2 Å². The van der Waals surface area contributed by atoms with Crippen LogP contribution >= 0.6 is 11.6 Å². The topological polar surface area (TPSA) is 70.2 Å². The number of carbonyl (C=O) groups excluding carboxylic acids is 1. The fourth-order valence-corrected chi connectivity index (χ4v) is 4.64. The number of fused-ring (bicyclic) bond motifs is 3. The maximum absolute atomic E-state index is 12.3. The Kier molecular flexibility index (Phi) is 6.06. The van der Waals surface area contributed by atoms with Crippen LogP contribution < -0.4 is 10.6 Å². The Bertz CT molecular complexity index is 1140. The molecule has 1 fully saturated rings. The highest BCUT2D eigenvalue weighted by Crippen LogP contribution is 2.34. The highest BCUT2D eigenvalue weighted by atomic mass is 35.5. The minimum atomic E-state index is -0.0989. The average Bonchev–Trinajstić information content (AvgIpc) is 3.24. The van der Waals surface area contributed by atoms with Crippen molar-refractivity contribution in [3.05, 3.63) is 64.8 Å². The van der Waals surface area contributed by atoms with Crippen LogP contribution in [0.4, 0.5) is 17.3 Å². The molecule has 0 aliphatic carbocycles. The number of hydrogen-bond donors (Lipinski definition) is 2. The Morgan fingerprint density at radius 2 is 2.00 bits per heavy atom. The van der Waals surface area contributed by atoms with Gasteiger partial charge in [-0.3, -0.25) is 4.79 Å². The Morgan fingerprint density at radius 1 is 1.12 bits per heavy atom. The lowest BCUT2D eigenvalue weighted by atomic mass is 10.1. The van der Waals surface area contributed by atoms with Crippen LogP contribution in [0.2, 0.25) is 5.02 Å². The molecule has 1 aromatic heterocycles. The van der Waals surface area contributed by atoms with Gasteiger partial charge in [-0.1, -0.05) is 23.7 Å². The smallest absolute Gasteiger partial charge is 0.228 e. The van der Waals surface area contributed by atoms with Crippen LogP contribution in [0.15, 0.2) is 48.7 Å². The second-order valence-electron chi connectivity index (χ2n) is 8.46. The molecule has 3 heterocycles. The Labute approximate surface area is 193 Å². The van der Waals surface area contributed by atoms with E-state index in [0.717, 1.165) is 28.9 Å². The lowest BCUT2D eigenvalue weighted by Crippen LogP contribution is -2.20. The van der Waals surface area contributed by atoms with Crippen molar-refractivity contribution < 1.29 is 4.79 Å². The molecule has 32 heavy (non-hydrogen) atoms. The monoisotopic (exact) mass is 447 g/mol. The van der Waals surface area contributed by atoms with Gasteiger partial charge >= 0.3 is 0 Å². The molecule has 3 aromatic rings. The van der Waals surface area contributed by atoms with Gasteiger partial charge in [0.15, 0.2) is 0 Å². The highest BCUT2D eigenvalue weighted by molar-refractivity contribution is 6.31. The number of nitrogens with zero attached hydrogens (tertiary/aromatic N) is 3. The van der Waals surface area contributed by atoms with Crippen molar-refractivity contribution in [2.24, 2.45) is 0 Å². The molecule has 0 atom stereocenters. The van der Waals surface area contributed by atoms with Gasteiger partial charge in [-0.25, -0.2) is 9.97 Å². The summed E-state index contributed by atoms with van der Waals surface area (Å²) in [4.78, 5) is 24.0. The third-order valence-corrected chi connectivity index (χ3v) is 6.28. The maximum atomic E-state index is 12.3. The molecule has 0 bridgehead atoms. The molecule has 2 aliphatic heterocycles. The second-order valence-corrected chi connectivity index (χ2v) is 8.90. The van der Waals surface area contributed by atoms with Crippen LogP contribution in [-0.2, 0) is 17.6 Å². The molecule has 2 aliphatic rings. The van der Waals surface area contributed by atoms with Crippen molar-refractivity contribution in [1.82, 2.24) is 14.9 Å². The van der Waals surface area contributed by atoms with Crippen LogP contribution in [0, 0.1) is 0 Å². The number of amides is 1. The number of rotatable bonds is 6. The molecule has 5 rings (SSSR count). The molecule has 0 radical (unpaired) electrons. The van der Waals surface area contributed by atoms with Crippen molar-refractivity contribution in [3.63, 3.8) is 0 Å². The summed E-state index contributed by atoms with van der Waals surface area (Å²) in [5.74, 6) is 0.409. The largest absolute Gasteiger partial charge is 0.325 e. The molecule has 2 aromatic carbocycles. The molecule has 2 N–H and O–H groups in total. The van der Waals surface area contributed by atoms with E-state index in [2.05, 4.69) is 38.7 Å². The summed E-state index contributed by atoms with van der Waals surface area (Å²) in [5.41, 5.74) is 5.32. The quantitative estimate of drug-likeness (QED) is 0.552. The van der Waals surface area contributed by atoms with Crippen LogP contribution in [0.1, 0.15) is 30.4 Å². The highest BCUT2D eigenvalue weighted by Gasteiger charge is 2.21. The molecule has 6 nitrogen and oxygen atoms in total. The minimum absolute atomic E-state index is 0.0989. The first-order valence-corrected chi connectivity index (χ1v) is 11.6. The van der Waals surface area contributed by atoms with E-state index in [1.54, 1.807) is 12.3 Å². The zero-order chi connectivity index (χ0) is 21.9. The normalized spacial score (nSPS) is 15.6. The summed E-state index contributed by atoms with van der Waals surface area (Å²) in [6.07, 6.45) is 6.85. The lowest BCUT2D eigenvalue weighted by Gasteiger charge is -2.14. The molecular weight excluding hydrogens is 422 g/mol. The van der Waals surface area contributed by atoms with Crippen LogP contribution in [0.25, 0.3) is 11.3 Å². The standard InChI is InChI=1S/C25H26ClN5O/c26-19-8-9-21-22(15-19)29-23(32)14-18-16-27-25(30-24(18)21)28-20-7-3-5-17(13-20)6-4-12-31-10-1-2-11-31/h3,5,7-9,13,15-16H,1-2,4,6,10-12,14H2,(H,29,32)(H,27,28,30). The fourth-order valence-electron chi connectivity index (χ4n) is 4.47. The molecule has 0 spiro atoms. The van der Waals surface area contributed by atoms with Gasteiger partial charge in [0.05, 0.1) is 17.8 Å². The number of likely N-dealkylation sites (tertiary alicyclic amines) is 1. The SMILES string of the molecule is O=C1Cc2cnc(Nc3cccc(CCCN4CCCC4)c3)nc2-c2ccc(Cl)cc2N1. The van der Waals surface area contributed by atoms with E-state index in [9.17, 15) is 4.79 Å². The van der Waals surface area contributed by atoms with E-state index in [1.165, 1.54) is 44.5 Å². The van der Waals surface area contributed by atoms with Crippen molar-refractivity contribution in [2.45, 2.75) is 32.1 Å². The van der Waals surface area contributed by atoms with Gasteiger partial charge in [0.25, 0.3) is 0 Å². The number of nitrogens with one attached hydrogen (secondary N) is 2. The van der Waals surface area contributed by atoms with Gasteiger partial charge in [-0.05, 0) is 81.2 Å². The van der Waals surface area contributed by atoms with Gasteiger partial charge < -0.3 is 15.5 Å². The maximum Gasteiger partial charge on any atom is 0.228 e. The van der Waals surface area contributed by atoms with E-state index < -0.39 is 0 Å². The van der Waals surface area contributed by atoms with Gasteiger partial charge in [0.2, 0.25) is 11.9 Å². The molecule has 164 valence electrons. The number of benzene rings is 2. The predicted molar refractivity (Wildman–Crippen MR) is 129 cm³/mol. The summed E-state index contributed by atoms with van der Waals surface area (Å²) in [6, 6.07) is 13.9. The first-order valence-electron chi connectivity index (χ1n) is 11.2. The Morgan fingerprint density at radius 3 is 2.88 bits per heavy atom. The number of carbonyl (C=O) groups is 1. The number of aromatic nitrogens is 2. The molecule has 7 heteroatoms. The van der Waals surface area contributed by atoms with Gasteiger partial charge in [0.1, 0.15) is 0 Å². The van der Waals surface area contributed by atoms with Crippen LogP contribution in [0.3, 0.4) is 0 Å².